The van der Waals surface area contributed by atoms with Gasteiger partial charge in [-0.25, -0.2) is 9.82 Å². The van der Waals surface area contributed by atoms with Crippen LogP contribution in [0.2, 0.25) is 5.02 Å². The third-order valence-corrected chi connectivity index (χ3v) is 1.90. The van der Waals surface area contributed by atoms with Gasteiger partial charge in [-0.2, -0.15) is 0 Å². The standard InChI is InChI=1S/C9H10ClFN2O/c1-12-13-9(14)5-6-2-3-8(11)7(10)4-6/h2-4,12H,5H2,1H3,(H,13,14). The highest BCUT2D eigenvalue weighted by Gasteiger charge is 2.04. The Morgan fingerprint density at radius 1 is 1.57 bits per heavy atom. The topological polar surface area (TPSA) is 41.1 Å². The summed E-state index contributed by atoms with van der Waals surface area (Å²) in [7, 11) is 1.59. The second-order valence-corrected chi connectivity index (χ2v) is 3.13. The molecule has 1 aromatic rings. The Labute approximate surface area is 86.2 Å². The second-order valence-electron chi connectivity index (χ2n) is 2.72. The van der Waals surface area contributed by atoms with Gasteiger partial charge in [-0.15, -0.1) is 0 Å². The smallest absolute Gasteiger partial charge is 0.238 e. The van der Waals surface area contributed by atoms with Crippen molar-refractivity contribution in [3.8, 4) is 0 Å². The highest BCUT2D eigenvalue weighted by Crippen LogP contribution is 2.16. The van der Waals surface area contributed by atoms with Gasteiger partial charge in [-0.1, -0.05) is 17.7 Å². The minimum absolute atomic E-state index is 0.0276. The van der Waals surface area contributed by atoms with E-state index in [0.29, 0.717) is 5.56 Å². The SMILES string of the molecule is CNNC(=O)Cc1ccc(F)c(Cl)c1. The van der Waals surface area contributed by atoms with Crippen LogP contribution in [0.25, 0.3) is 0 Å². The summed E-state index contributed by atoms with van der Waals surface area (Å²) in [6, 6.07) is 4.20. The molecule has 0 spiro atoms. The van der Waals surface area contributed by atoms with Crippen LogP contribution in [0, 0.1) is 5.82 Å². The zero-order valence-electron chi connectivity index (χ0n) is 7.60. The molecule has 14 heavy (non-hydrogen) atoms. The highest BCUT2D eigenvalue weighted by atomic mass is 35.5. The van der Waals surface area contributed by atoms with Gasteiger partial charge in [0.05, 0.1) is 11.4 Å². The largest absolute Gasteiger partial charge is 0.292 e. The van der Waals surface area contributed by atoms with Crippen LogP contribution in [-0.2, 0) is 11.2 Å². The highest BCUT2D eigenvalue weighted by molar-refractivity contribution is 6.30. The first-order valence-electron chi connectivity index (χ1n) is 4.03. The molecule has 1 amide bonds. The number of carbonyl (C=O) groups excluding carboxylic acids is 1. The second kappa shape index (κ2) is 4.93. The molecule has 0 aliphatic heterocycles. The van der Waals surface area contributed by atoms with Crippen LogP contribution in [0.1, 0.15) is 5.56 Å². The fourth-order valence-corrected chi connectivity index (χ4v) is 1.22. The number of rotatable bonds is 3. The first-order chi connectivity index (χ1) is 6.63. The lowest BCUT2D eigenvalue weighted by atomic mass is 10.1. The third kappa shape index (κ3) is 2.97. The molecular formula is C9H10ClFN2O. The van der Waals surface area contributed by atoms with Crippen LogP contribution >= 0.6 is 11.6 Å². The van der Waals surface area contributed by atoms with Crippen molar-refractivity contribution in [3.05, 3.63) is 34.6 Å². The van der Waals surface area contributed by atoms with Gasteiger partial charge < -0.3 is 0 Å². The first-order valence-corrected chi connectivity index (χ1v) is 4.41. The summed E-state index contributed by atoms with van der Waals surface area (Å²) in [5.74, 6) is -0.681. The molecule has 0 bridgehead atoms. The van der Waals surface area contributed by atoms with Gasteiger partial charge in [0.1, 0.15) is 5.82 Å². The van der Waals surface area contributed by atoms with Crippen LogP contribution in [-0.4, -0.2) is 13.0 Å². The van der Waals surface area contributed by atoms with Crippen LogP contribution in [0.15, 0.2) is 18.2 Å². The number of hydrogen-bond acceptors (Lipinski definition) is 2. The van der Waals surface area contributed by atoms with Crippen molar-refractivity contribution in [2.45, 2.75) is 6.42 Å². The van der Waals surface area contributed by atoms with Gasteiger partial charge in [-0.05, 0) is 17.7 Å². The van der Waals surface area contributed by atoms with Crippen molar-refractivity contribution >= 4 is 17.5 Å². The van der Waals surface area contributed by atoms with E-state index in [0.717, 1.165) is 0 Å². The molecule has 0 fully saturated rings. The molecule has 0 heterocycles. The number of amides is 1. The lowest BCUT2D eigenvalue weighted by molar-refractivity contribution is -0.121. The molecule has 5 heteroatoms. The lowest BCUT2D eigenvalue weighted by Gasteiger charge is -2.03. The maximum Gasteiger partial charge on any atom is 0.238 e. The van der Waals surface area contributed by atoms with Crippen LogP contribution in [0.5, 0.6) is 0 Å². The molecule has 0 aliphatic carbocycles. The Hall–Kier alpha value is -1.13. The molecule has 0 unspecified atom stereocenters. The van der Waals surface area contributed by atoms with E-state index in [-0.39, 0.29) is 17.4 Å². The number of halogens is 2. The Bertz CT molecular complexity index is 344. The Morgan fingerprint density at radius 3 is 2.86 bits per heavy atom. The molecule has 0 aromatic heterocycles. The monoisotopic (exact) mass is 216 g/mol. The van der Waals surface area contributed by atoms with E-state index < -0.39 is 5.82 Å². The van der Waals surface area contributed by atoms with Gasteiger partial charge in [-0.3, -0.25) is 10.2 Å². The maximum absolute atomic E-state index is 12.7. The summed E-state index contributed by atoms with van der Waals surface area (Å²) >= 11 is 5.55. The lowest BCUT2D eigenvalue weighted by Crippen LogP contribution is -2.35. The Kier molecular flexibility index (Phi) is 3.85. The minimum atomic E-state index is -0.482. The van der Waals surface area contributed by atoms with Crippen molar-refractivity contribution in [1.29, 1.82) is 0 Å². The molecule has 0 aliphatic rings. The summed E-state index contributed by atoms with van der Waals surface area (Å²) in [6.07, 6.45) is 0.167. The quantitative estimate of drug-likeness (QED) is 0.748. The predicted molar refractivity (Wildman–Crippen MR) is 52.3 cm³/mol. The van der Waals surface area contributed by atoms with Crippen LogP contribution in [0.4, 0.5) is 4.39 Å². The molecule has 2 N–H and O–H groups in total. The summed E-state index contributed by atoms with van der Waals surface area (Å²) in [5.41, 5.74) is 5.58. The summed E-state index contributed by atoms with van der Waals surface area (Å²) in [6.45, 7) is 0. The zero-order chi connectivity index (χ0) is 10.6. The van der Waals surface area contributed by atoms with Gasteiger partial charge in [0, 0.05) is 7.05 Å². The normalized spacial score (nSPS) is 9.93. The van der Waals surface area contributed by atoms with Gasteiger partial charge in [0.15, 0.2) is 0 Å². The average molecular weight is 217 g/mol. The Balaban J connectivity index is 2.68. The number of hydrogen-bond donors (Lipinski definition) is 2. The zero-order valence-corrected chi connectivity index (χ0v) is 8.36. The molecule has 0 saturated carbocycles. The number of benzene rings is 1. The van der Waals surface area contributed by atoms with E-state index in [2.05, 4.69) is 10.9 Å². The van der Waals surface area contributed by atoms with Crippen molar-refractivity contribution in [2.75, 3.05) is 7.05 Å². The van der Waals surface area contributed by atoms with E-state index in [1.807, 2.05) is 0 Å². The number of nitrogens with one attached hydrogen (secondary N) is 2. The minimum Gasteiger partial charge on any atom is -0.292 e. The van der Waals surface area contributed by atoms with Crippen LogP contribution < -0.4 is 10.9 Å². The van der Waals surface area contributed by atoms with Crippen molar-refractivity contribution in [3.63, 3.8) is 0 Å². The Morgan fingerprint density at radius 2 is 2.29 bits per heavy atom. The molecule has 1 rings (SSSR count). The molecule has 76 valence electrons. The summed E-state index contributed by atoms with van der Waals surface area (Å²) in [4.78, 5) is 11.1. The van der Waals surface area contributed by atoms with Crippen molar-refractivity contribution < 1.29 is 9.18 Å². The summed E-state index contributed by atoms with van der Waals surface area (Å²) < 4.78 is 12.7. The van der Waals surface area contributed by atoms with Crippen molar-refractivity contribution in [2.24, 2.45) is 0 Å². The van der Waals surface area contributed by atoms with E-state index in [1.165, 1.54) is 18.2 Å². The van der Waals surface area contributed by atoms with Crippen LogP contribution in [0.3, 0.4) is 0 Å². The van der Waals surface area contributed by atoms with Gasteiger partial charge in [0.2, 0.25) is 5.91 Å². The third-order valence-electron chi connectivity index (χ3n) is 1.61. The van der Waals surface area contributed by atoms with E-state index in [4.69, 9.17) is 11.6 Å². The first kappa shape index (κ1) is 10.9. The fourth-order valence-electron chi connectivity index (χ4n) is 1.02. The molecule has 0 saturated heterocycles. The van der Waals surface area contributed by atoms with Gasteiger partial charge >= 0.3 is 0 Å². The maximum atomic E-state index is 12.7. The van der Waals surface area contributed by atoms with E-state index in [1.54, 1.807) is 7.05 Å². The number of carbonyl (C=O) groups is 1. The van der Waals surface area contributed by atoms with E-state index in [9.17, 15) is 9.18 Å². The molecule has 0 radical (unpaired) electrons. The molecular weight excluding hydrogens is 207 g/mol. The molecule has 1 aromatic carbocycles. The number of hydrazine groups is 1. The summed E-state index contributed by atoms with van der Waals surface area (Å²) in [5, 5.41) is 0.0276. The average Bonchev–Trinajstić information content (AvgIpc) is 2.12. The van der Waals surface area contributed by atoms with Gasteiger partial charge in [0.25, 0.3) is 0 Å². The van der Waals surface area contributed by atoms with E-state index >= 15 is 0 Å². The molecule has 0 atom stereocenters. The van der Waals surface area contributed by atoms with Crippen molar-refractivity contribution in [1.82, 2.24) is 10.9 Å². The molecule has 3 nitrogen and oxygen atoms in total. The predicted octanol–water partition coefficient (Wildman–Crippen LogP) is 1.27. The fraction of sp³-hybridized carbons (Fsp3) is 0.222.